The molecule has 7 aromatic carbocycles. The van der Waals surface area contributed by atoms with Crippen LogP contribution in [0.3, 0.4) is 0 Å². The summed E-state index contributed by atoms with van der Waals surface area (Å²) in [5.41, 5.74) is 11.7. The minimum Gasteiger partial charge on any atom is -0.454 e. The van der Waals surface area contributed by atoms with E-state index in [2.05, 4.69) is 132 Å². The Morgan fingerprint density at radius 3 is 1.79 bits per heavy atom. The van der Waals surface area contributed by atoms with Gasteiger partial charge in [-0.2, -0.15) is 0 Å². The van der Waals surface area contributed by atoms with Crippen LogP contribution in [0.25, 0.3) is 66.7 Å². The Morgan fingerprint density at radius 2 is 1.04 bits per heavy atom. The van der Waals surface area contributed by atoms with Gasteiger partial charge in [-0.15, -0.1) is 0 Å². The van der Waals surface area contributed by atoms with E-state index in [-0.39, 0.29) is 0 Å². The van der Waals surface area contributed by atoms with Gasteiger partial charge in [-0.1, -0.05) is 121 Å². The molecule has 2 heterocycles. The van der Waals surface area contributed by atoms with Gasteiger partial charge in [0.25, 0.3) is 0 Å². The van der Waals surface area contributed by atoms with Crippen LogP contribution in [0.2, 0.25) is 0 Å². The number of para-hydroxylation sites is 2. The normalized spacial score (nSPS) is 11.4. The fourth-order valence-corrected chi connectivity index (χ4v) is 6.46. The summed E-state index contributed by atoms with van der Waals surface area (Å²) in [6.07, 6.45) is 0. The summed E-state index contributed by atoms with van der Waals surface area (Å²) in [7, 11) is 0. The van der Waals surface area contributed by atoms with E-state index in [0.717, 1.165) is 72.4 Å². The molecule has 0 aliphatic carbocycles. The second-order valence-corrected chi connectivity index (χ2v) is 11.6. The number of rotatable bonds is 6. The first-order chi connectivity index (χ1) is 23.3. The molecule has 0 unspecified atom stereocenters. The maximum Gasteiger partial charge on any atom is 0.227 e. The third-order valence-electron chi connectivity index (χ3n) is 8.71. The van der Waals surface area contributed by atoms with Gasteiger partial charge in [0, 0.05) is 33.7 Å². The molecular formula is C43H28N2O2. The molecule has 222 valence electrons. The summed E-state index contributed by atoms with van der Waals surface area (Å²) in [5.74, 6) is 0.598. The second-order valence-electron chi connectivity index (χ2n) is 11.6. The summed E-state index contributed by atoms with van der Waals surface area (Å²) in [6, 6.07) is 58.6. The van der Waals surface area contributed by atoms with Crippen molar-refractivity contribution in [3.8, 4) is 33.7 Å². The van der Waals surface area contributed by atoms with Gasteiger partial charge in [0.1, 0.15) is 11.1 Å². The van der Waals surface area contributed by atoms with E-state index in [1.807, 2.05) is 42.5 Å². The molecule has 0 amide bonds. The number of furan rings is 1. The van der Waals surface area contributed by atoms with Crippen molar-refractivity contribution in [3.05, 3.63) is 170 Å². The Hall–Kier alpha value is -6.39. The topological polar surface area (TPSA) is 42.4 Å². The Kier molecular flexibility index (Phi) is 6.43. The summed E-state index contributed by atoms with van der Waals surface area (Å²) < 4.78 is 13.0. The van der Waals surface area contributed by atoms with Crippen molar-refractivity contribution >= 4 is 50.1 Å². The Balaban J connectivity index is 1.24. The zero-order valence-corrected chi connectivity index (χ0v) is 25.4. The minimum absolute atomic E-state index is 0.598. The number of oxazole rings is 1. The summed E-state index contributed by atoms with van der Waals surface area (Å²) in [5, 5.41) is 2.00. The van der Waals surface area contributed by atoms with Crippen molar-refractivity contribution in [1.29, 1.82) is 0 Å². The third-order valence-corrected chi connectivity index (χ3v) is 8.71. The highest BCUT2D eigenvalue weighted by Gasteiger charge is 2.22. The monoisotopic (exact) mass is 604 g/mol. The molecule has 4 nitrogen and oxygen atoms in total. The molecule has 0 fully saturated rings. The number of fused-ring (bicyclic) bond motifs is 4. The lowest BCUT2D eigenvalue weighted by molar-refractivity contribution is 0.620. The fourth-order valence-electron chi connectivity index (χ4n) is 6.46. The predicted molar refractivity (Wildman–Crippen MR) is 192 cm³/mol. The van der Waals surface area contributed by atoms with Crippen LogP contribution >= 0.6 is 0 Å². The summed E-state index contributed by atoms with van der Waals surface area (Å²) >= 11 is 0. The molecular weight excluding hydrogens is 576 g/mol. The van der Waals surface area contributed by atoms with Crippen LogP contribution in [-0.2, 0) is 0 Å². The maximum atomic E-state index is 6.75. The van der Waals surface area contributed by atoms with E-state index < -0.39 is 0 Å². The molecule has 0 N–H and O–H groups in total. The SMILES string of the molecule is c1ccc(-c2ccc(N(c3ccccc3-c3ccccc3)c3cccc4c3oc3cc5nc(-c6ccccc6)oc5cc34)cc2)cc1. The first kappa shape index (κ1) is 27.0. The summed E-state index contributed by atoms with van der Waals surface area (Å²) in [6.45, 7) is 0. The Morgan fingerprint density at radius 1 is 0.426 bits per heavy atom. The van der Waals surface area contributed by atoms with Gasteiger partial charge < -0.3 is 13.7 Å². The molecule has 0 radical (unpaired) electrons. The highest BCUT2D eigenvalue weighted by molar-refractivity contribution is 6.13. The quantitative estimate of drug-likeness (QED) is 0.189. The van der Waals surface area contributed by atoms with Gasteiger partial charge in [-0.3, -0.25) is 0 Å². The van der Waals surface area contributed by atoms with Crippen LogP contribution in [-0.4, -0.2) is 4.98 Å². The van der Waals surface area contributed by atoms with Gasteiger partial charge in [0.05, 0.1) is 11.4 Å². The molecule has 2 aromatic heterocycles. The van der Waals surface area contributed by atoms with Crippen LogP contribution in [0.5, 0.6) is 0 Å². The number of benzene rings is 7. The number of hydrogen-bond acceptors (Lipinski definition) is 4. The number of nitrogens with zero attached hydrogens (tertiary/aromatic N) is 2. The van der Waals surface area contributed by atoms with Crippen molar-refractivity contribution in [3.63, 3.8) is 0 Å². The third kappa shape index (κ3) is 4.75. The largest absolute Gasteiger partial charge is 0.454 e. The van der Waals surface area contributed by atoms with E-state index in [0.29, 0.717) is 5.89 Å². The Bertz CT molecular complexity index is 2500. The lowest BCUT2D eigenvalue weighted by Gasteiger charge is -2.28. The molecule has 0 aliphatic heterocycles. The van der Waals surface area contributed by atoms with Gasteiger partial charge in [0.15, 0.2) is 11.2 Å². The van der Waals surface area contributed by atoms with Gasteiger partial charge in [-0.05, 0) is 59.2 Å². The lowest BCUT2D eigenvalue weighted by Crippen LogP contribution is -2.11. The van der Waals surface area contributed by atoms with Crippen molar-refractivity contribution in [1.82, 2.24) is 4.98 Å². The molecule has 0 saturated carbocycles. The summed E-state index contributed by atoms with van der Waals surface area (Å²) in [4.78, 5) is 7.10. The molecule has 0 bridgehead atoms. The number of aromatic nitrogens is 1. The zero-order chi connectivity index (χ0) is 31.2. The van der Waals surface area contributed by atoms with Gasteiger partial charge in [0.2, 0.25) is 5.89 Å². The highest BCUT2D eigenvalue weighted by Crippen LogP contribution is 2.46. The first-order valence-corrected chi connectivity index (χ1v) is 15.7. The lowest BCUT2D eigenvalue weighted by atomic mass is 10.0. The molecule has 0 saturated heterocycles. The molecule has 4 heteroatoms. The van der Waals surface area contributed by atoms with Crippen LogP contribution < -0.4 is 4.90 Å². The molecule has 47 heavy (non-hydrogen) atoms. The number of anilines is 3. The van der Waals surface area contributed by atoms with Gasteiger partial charge in [-0.25, -0.2) is 4.98 Å². The molecule has 0 aliphatic rings. The second kappa shape index (κ2) is 11.2. The molecule has 9 aromatic rings. The van der Waals surface area contributed by atoms with E-state index in [4.69, 9.17) is 13.8 Å². The van der Waals surface area contributed by atoms with E-state index in [1.165, 1.54) is 5.56 Å². The fraction of sp³-hybridized carbons (Fsp3) is 0. The van der Waals surface area contributed by atoms with Gasteiger partial charge >= 0.3 is 0 Å². The van der Waals surface area contributed by atoms with Crippen LogP contribution in [0, 0.1) is 0 Å². The van der Waals surface area contributed by atoms with Crippen molar-refractivity contribution in [2.45, 2.75) is 0 Å². The molecule has 0 spiro atoms. The van der Waals surface area contributed by atoms with Crippen molar-refractivity contribution in [2.24, 2.45) is 0 Å². The standard InChI is InChI=1S/C43H28N2O2/c1-4-13-29(14-5-1)30-23-25-33(26-24-30)45(38-21-11-10-19-34(38)31-15-6-2-7-16-31)39-22-12-20-35-36-27-41-37(28-40(36)46-42(35)39)44-43(47-41)32-17-8-3-9-18-32/h1-28H. The maximum absolute atomic E-state index is 6.75. The molecule has 0 atom stereocenters. The van der Waals surface area contributed by atoms with E-state index in [9.17, 15) is 0 Å². The smallest absolute Gasteiger partial charge is 0.227 e. The molecule has 9 rings (SSSR count). The van der Waals surface area contributed by atoms with E-state index >= 15 is 0 Å². The Labute approximate surface area is 271 Å². The van der Waals surface area contributed by atoms with Crippen LogP contribution in [0.4, 0.5) is 17.1 Å². The minimum atomic E-state index is 0.598. The predicted octanol–water partition coefficient (Wildman–Crippen LogP) is 12.2. The first-order valence-electron chi connectivity index (χ1n) is 15.7. The number of hydrogen-bond donors (Lipinski definition) is 0. The highest BCUT2D eigenvalue weighted by atomic mass is 16.4. The average Bonchev–Trinajstić information content (AvgIpc) is 3.73. The van der Waals surface area contributed by atoms with Crippen molar-refractivity contribution < 1.29 is 8.83 Å². The average molecular weight is 605 g/mol. The van der Waals surface area contributed by atoms with Crippen LogP contribution in [0.15, 0.2) is 179 Å². The zero-order valence-electron chi connectivity index (χ0n) is 25.4. The van der Waals surface area contributed by atoms with Crippen LogP contribution in [0.1, 0.15) is 0 Å². The van der Waals surface area contributed by atoms with E-state index in [1.54, 1.807) is 0 Å². The van der Waals surface area contributed by atoms with Crippen molar-refractivity contribution in [2.75, 3.05) is 4.90 Å².